The van der Waals surface area contributed by atoms with Crippen LogP contribution >= 0.6 is 0 Å². The fraction of sp³-hybridized carbons (Fsp3) is 0.581. The number of carbonyl (C=O) groups is 7. The van der Waals surface area contributed by atoms with Crippen LogP contribution < -0.4 is 16.0 Å². The number of nitrogens with one attached hydrogen (secondary N) is 3. The number of aromatic nitrogens is 4. The fourth-order valence-electron chi connectivity index (χ4n) is 4.79. The van der Waals surface area contributed by atoms with Gasteiger partial charge in [-0.05, 0) is 25.7 Å². The summed E-state index contributed by atoms with van der Waals surface area (Å²) in [7, 11) is 0. The zero-order valence-electron chi connectivity index (χ0n) is 28.9. The monoisotopic (exact) mass is 754 g/mol. The van der Waals surface area contributed by atoms with Crippen LogP contribution in [0.4, 0.5) is 4.79 Å². The number of ether oxygens (including phenoxy) is 2. The summed E-state index contributed by atoms with van der Waals surface area (Å²) in [5, 5.41) is 52.5. The van der Waals surface area contributed by atoms with Gasteiger partial charge in [-0.1, -0.05) is 0 Å². The topological polar surface area (TPSA) is 314 Å². The number of unbranched alkanes of at least 4 members (excludes halogenated alkanes) is 1. The lowest BCUT2D eigenvalue weighted by Crippen LogP contribution is -2.51. The molecule has 0 bridgehead atoms. The molecule has 0 saturated carbocycles. The van der Waals surface area contributed by atoms with Crippen molar-refractivity contribution in [2.45, 2.75) is 76.8 Å². The van der Waals surface area contributed by atoms with Crippen LogP contribution in [-0.2, 0) is 64.4 Å². The van der Waals surface area contributed by atoms with E-state index in [4.69, 9.17) is 19.7 Å². The van der Waals surface area contributed by atoms with E-state index in [0.717, 1.165) is 0 Å². The SMILES string of the molecule is O=C(O)CC[C@H](NC(=O)N[C@@H](CCCCNC(=O)CCOCCOCCN(Cc1nccn1CC(=O)O)Cc1nccn1CC(=O)O)C(=O)O)C(=O)O. The summed E-state index contributed by atoms with van der Waals surface area (Å²) in [6.45, 7) is 1.34. The normalized spacial score (nSPS) is 12.2. The van der Waals surface area contributed by atoms with Crippen molar-refractivity contribution in [3.05, 3.63) is 36.4 Å². The van der Waals surface area contributed by atoms with Crippen molar-refractivity contribution < 1.29 is 68.6 Å². The molecule has 0 aliphatic carbocycles. The van der Waals surface area contributed by atoms with Crippen molar-refractivity contribution in [1.29, 1.82) is 0 Å². The number of amides is 3. The second-order valence-electron chi connectivity index (χ2n) is 11.6. The fourth-order valence-corrected chi connectivity index (χ4v) is 4.79. The molecule has 2 aromatic rings. The zero-order valence-corrected chi connectivity index (χ0v) is 28.9. The molecule has 0 aliphatic heterocycles. The van der Waals surface area contributed by atoms with Gasteiger partial charge in [-0.3, -0.25) is 24.1 Å². The standard InChI is InChI=1S/C31H46N8O14/c40-25(34-7-2-1-3-21(29(47)48)35-31(51)36-22(30(49)50)4-5-26(41)42)6-13-52-15-16-53-14-12-37(17-23-32-8-10-38(23)19-27(43)44)18-24-33-9-11-39(24)20-28(45)46/h8-11,21-22H,1-7,12-20H2,(H,34,40)(H,41,42)(H,43,44)(H,45,46)(H,47,48)(H,49,50)(H2,35,36,51)/t21-,22-/m0/s1. The molecule has 294 valence electrons. The molecule has 2 atom stereocenters. The van der Waals surface area contributed by atoms with E-state index in [-0.39, 0.29) is 84.3 Å². The summed E-state index contributed by atoms with van der Waals surface area (Å²) in [4.78, 5) is 90.5. The van der Waals surface area contributed by atoms with E-state index in [0.29, 0.717) is 31.0 Å². The second kappa shape index (κ2) is 23.8. The van der Waals surface area contributed by atoms with Crippen LogP contribution in [0.1, 0.15) is 50.2 Å². The highest BCUT2D eigenvalue weighted by Crippen LogP contribution is 2.10. The third-order valence-electron chi connectivity index (χ3n) is 7.44. The first-order valence-electron chi connectivity index (χ1n) is 16.6. The Kier molecular flexibility index (Phi) is 19.5. The summed E-state index contributed by atoms with van der Waals surface area (Å²) >= 11 is 0. The maximum absolute atomic E-state index is 12.1. The maximum Gasteiger partial charge on any atom is 0.326 e. The lowest BCUT2D eigenvalue weighted by atomic mass is 10.1. The summed E-state index contributed by atoms with van der Waals surface area (Å²) in [5.74, 6) is -5.40. The Hall–Kier alpha value is -5.61. The van der Waals surface area contributed by atoms with Gasteiger partial charge >= 0.3 is 35.9 Å². The van der Waals surface area contributed by atoms with Gasteiger partial charge in [0.2, 0.25) is 5.91 Å². The Balaban J connectivity index is 1.65. The second-order valence-corrected chi connectivity index (χ2v) is 11.6. The van der Waals surface area contributed by atoms with E-state index in [1.165, 1.54) is 21.5 Å². The molecule has 0 fully saturated rings. The first-order valence-corrected chi connectivity index (χ1v) is 16.6. The van der Waals surface area contributed by atoms with Crippen LogP contribution in [0, 0.1) is 0 Å². The van der Waals surface area contributed by atoms with Crippen LogP contribution in [0.2, 0.25) is 0 Å². The molecule has 22 nitrogen and oxygen atoms in total. The van der Waals surface area contributed by atoms with Gasteiger partial charge in [-0.25, -0.2) is 24.4 Å². The van der Waals surface area contributed by atoms with Crippen LogP contribution in [0.25, 0.3) is 0 Å². The summed E-state index contributed by atoms with van der Waals surface area (Å²) in [6.07, 6.45) is 5.98. The van der Waals surface area contributed by atoms with Gasteiger partial charge in [0.1, 0.15) is 36.8 Å². The first-order chi connectivity index (χ1) is 25.2. The molecular formula is C31H46N8O14. The lowest BCUT2D eigenvalue weighted by molar-refractivity contribution is -0.141. The van der Waals surface area contributed by atoms with Gasteiger partial charge in [0.25, 0.3) is 0 Å². The number of rotatable bonds is 29. The average Bonchev–Trinajstić information content (AvgIpc) is 3.70. The van der Waals surface area contributed by atoms with Crippen molar-refractivity contribution in [3.8, 4) is 0 Å². The number of hydrogen-bond acceptors (Lipinski definition) is 12. The van der Waals surface area contributed by atoms with E-state index in [1.807, 2.05) is 4.90 Å². The Morgan fingerprint density at radius 1 is 0.679 bits per heavy atom. The number of urea groups is 1. The Labute approximate surface area is 303 Å². The predicted molar refractivity (Wildman–Crippen MR) is 178 cm³/mol. The van der Waals surface area contributed by atoms with Gasteiger partial charge in [0.05, 0.1) is 39.5 Å². The number of aliphatic carboxylic acids is 5. The molecule has 3 amide bonds. The molecule has 2 aromatic heterocycles. The number of imidazole rings is 2. The third-order valence-corrected chi connectivity index (χ3v) is 7.44. The Morgan fingerprint density at radius 2 is 1.21 bits per heavy atom. The third kappa shape index (κ3) is 18.4. The minimum absolute atomic E-state index is 0.00336. The summed E-state index contributed by atoms with van der Waals surface area (Å²) < 4.78 is 14.1. The van der Waals surface area contributed by atoms with E-state index in [1.54, 1.807) is 12.4 Å². The number of carboxylic acid groups (broad SMARTS) is 5. The number of carbonyl (C=O) groups excluding carboxylic acids is 2. The van der Waals surface area contributed by atoms with Gasteiger partial charge < -0.3 is 60.1 Å². The highest BCUT2D eigenvalue weighted by Gasteiger charge is 2.25. The highest BCUT2D eigenvalue weighted by atomic mass is 16.5. The molecule has 0 unspecified atom stereocenters. The van der Waals surface area contributed by atoms with Gasteiger partial charge in [-0.2, -0.15) is 0 Å². The van der Waals surface area contributed by atoms with Crippen molar-refractivity contribution in [2.75, 3.05) is 39.5 Å². The molecule has 22 heteroatoms. The Morgan fingerprint density at radius 3 is 1.72 bits per heavy atom. The zero-order chi connectivity index (χ0) is 39.2. The van der Waals surface area contributed by atoms with Crippen molar-refractivity contribution in [1.82, 2.24) is 40.0 Å². The average molecular weight is 755 g/mol. The number of carboxylic acids is 5. The summed E-state index contributed by atoms with van der Waals surface area (Å²) in [5.41, 5.74) is 0. The highest BCUT2D eigenvalue weighted by molar-refractivity contribution is 5.86. The van der Waals surface area contributed by atoms with E-state index in [9.17, 15) is 48.9 Å². The van der Waals surface area contributed by atoms with Crippen molar-refractivity contribution in [3.63, 3.8) is 0 Å². The molecule has 53 heavy (non-hydrogen) atoms. The molecule has 0 saturated heterocycles. The van der Waals surface area contributed by atoms with Gasteiger partial charge in [0.15, 0.2) is 0 Å². The molecule has 2 heterocycles. The van der Waals surface area contributed by atoms with Gasteiger partial charge in [0, 0.05) is 50.7 Å². The molecule has 0 aliphatic rings. The van der Waals surface area contributed by atoms with E-state index >= 15 is 0 Å². The van der Waals surface area contributed by atoms with Gasteiger partial charge in [-0.15, -0.1) is 0 Å². The molecule has 0 radical (unpaired) electrons. The smallest absolute Gasteiger partial charge is 0.326 e. The van der Waals surface area contributed by atoms with Crippen LogP contribution in [0.15, 0.2) is 24.8 Å². The van der Waals surface area contributed by atoms with Crippen molar-refractivity contribution >= 4 is 41.8 Å². The van der Waals surface area contributed by atoms with E-state index in [2.05, 4.69) is 25.9 Å². The number of nitrogens with zero attached hydrogens (tertiary/aromatic N) is 5. The maximum atomic E-state index is 12.1. The van der Waals surface area contributed by atoms with Crippen molar-refractivity contribution in [2.24, 2.45) is 0 Å². The molecule has 2 rings (SSSR count). The molecule has 8 N–H and O–H groups in total. The minimum atomic E-state index is -1.51. The molecule has 0 aromatic carbocycles. The largest absolute Gasteiger partial charge is 0.481 e. The molecular weight excluding hydrogens is 708 g/mol. The quantitative estimate of drug-likeness (QED) is 0.0463. The Bertz CT molecular complexity index is 1460. The van der Waals surface area contributed by atoms with Crippen LogP contribution in [0.3, 0.4) is 0 Å². The number of hydrogen-bond donors (Lipinski definition) is 8. The molecule has 0 spiro atoms. The lowest BCUT2D eigenvalue weighted by Gasteiger charge is -2.22. The minimum Gasteiger partial charge on any atom is -0.481 e. The summed E-state index contributed by atoms with van der Waals surface area (Å²) in [6, 6.07) is -3.90. The van der Waals surface area contributed by atoms with E-state index < -0.39 is 54.4 Å². The van der Waals surface area contributed by atoms with Crippen LogP contribution in [0.5, 0.6) is 0 Å². The van der Waals surface area contributed by atoms with Crippen LogP contribution in [-0.4, -0.2) is 143 Å². The first kappa shape index (κ1) is 43.6. The predicted octanol–water partition coefficient (Wildman–Crippen LogP) is -0.969.